The van der Waals surface area contributed by atoms with Crippen molar-refractivity contribution in [1.82, 2.24) is 14.9 Å². The van der Waals surface area contributed by atoms with E-state index in [-0.39, 0.29) is 27.3 Å². The second-order valence-electron chi connectivity index (χ2n) is 6.06. The molecule has 2 N–H and O–H groups in total. The van der Waals surface area contributed by atoms with Crippen LogP contribution in [-0.2, 0) is 21.2 Å². The van der Waals surface area contributed by atoms with Gasteiger partial charge in [-0.1, -0.05) is 55.5 Å². The van der Waals surface area contributed by atoms with Gasteiger partial charge in [-0.2, -0.15) is 0 Å². The number of benzene rings is 1. The maximum Gasteiger partial charge on any atom is 0.270 e. The molecule has 9 heteroatoms. The molecule has 0 bridgehead atoms. The third-order valence-electron chi connectivity index (χ3n) is 3.46. The summed E-state index contributed by atoms with van der Waals surface area (Å²) in [5, 5.41) is 10.1. The summed E-state index contributed by atoms with van der Waals surface area (Å²) in [5.41, 5.74) is 1.16. The number of hydrogen-bond donors (Lipinski definition) is 2. The number of nitrogens with one attached hydrogen (secondary N) is 2. The van der Waals surface area contributed by atoms with Gasteiger partial charge in [-0.05, 0) is 25.3 Å². The Balaban J connectivity index is 1.94. The lowest BCUT2D eigenvalue weighted by molar-refractivity contribution is -0.118. The summed E-state index contributed by atoms with van der Waals surface area (Å²) in [7, 11) is -3.76. The first-order valence-corrected chi connectivity index (χ1v) is 10.3. The number of nitrogens with zero attached hydrogens (tertiary/aromatic N) is 2. The molecule has 7 nitrogen and oxygen atoms in total. The number of carbonyl (C=O) groups excluding carboxylic acids is 1. The highest BCUT2D eigenvalue weighted by Crippen LogP contribution is 2.21. The Morgan fingerprint density at radius 3 is 2.48 bits per heavy atom. The lowest BCUT2D eigenvalue weighted by atomic mass is 10.1. The van der Waals surface area contributed by atoms with Crippen LogP contribution in [0.1, 0.15) is 32.8 Å². The minimum absolute atomic E-state index is 0.155. The summed E-state index contributed by atoms with van der Waals surface area (Å²) < 4.78 is 27.2. The Hall–Kier alpha value is -1.84. The molecular formula is C16H22N4O3S2. The number of aryl methyl sites for hydroxylation is 1. The van der Waals surface area contributed by atoms with Crippen molar-refractivity contribution in [2.75, 3.05) is 5.32 Å². The maximum absolute atomic E-state index is 12.4. The summed E-state index contributed by atoms with van der Waals surface area (Å²) in [6.07, 6.45) is 1.44. The van der Waals surface area contributed by atoms with Gasteiger partial charge in [0.15, 0.2) is 0 Å². The van der Waals surface area contributed by atoms with E-state index in [1.54, 1.807) is 13.8 Å². The summed E-state index contributed by atoms with van der Waals surface area (Å²) in [4.78, 5) is 11.6. The number of aromatic nitrogens is 2. The van der Waals surface area contributed by atoms with E-state index in [0.717, 1.165) is 23.3 Å². The van der Waals surface area contributed by atoms with E-state index in [2.05, 4.69) is 20.2 Å². The topological polar surface area (TPSA) is 101 Å². The molecule has 0 aliphatic heterocycles. The predicted octanol–water partition coefficient (Wildman–Crippen LogP) is 2.43. The van der Waals surface area contributed by atoms with Gasteiger partial charge < -0.3 is 5.32 Å². The summed E-state index contributed by atoms with van der Waals surface area (Å²) >= 11 is 0.837. The maximum atomic E-state index is 12.4. The molecule has 136 valence electrons. The number of anilines is 1. The van der Waals surface area contributed by atoms with Crippen LogP contribution in [0, 0.1) is 5.92 Å². The molecule has 2 rings (SSSR count). The van der Waals surface area contributed by atoms with Crippen LogP contribution in [0.25, 0.3) is 0 Å². The van der Waals surface area contributed by atoms with Gasteiger partial charge >= 0.3 is 0 Å². The molecule has 0 fully saturated rings. The van der Waals surface area contributed by atoms with E-state index < -0.39 is 10.0 Å². The molecule has 1 heterocycles. The lowest BCUT2D eigenvalue weighted by Crippen LogP contribution is -2.32. The molecule has 1 aromatic carbocycles. The number of hydrogen-bond acceptors (Lipinski definition) is 6. The number of carbonyl (C=O) groups is 1. The zero-order valence-electron chi connectivity index (χ0n) is 14.4. The van der Waals surface area contributed by atoms with E-state index in [1.165, 1.54) is 0 Å². The molecule has 0 saturated carbocycles. The van der Waals surface area contributed by atoms with Crippen molar-refractivity contribution >= 4 is 32.4 Å². The van der Waals surface area contributed by atoms with Crippen molar-refractivity contribution in [3.63, 3.8) is 0 Å². The van der Waals surface area contributed by atoms with E-state index in [9.17, 15) is 13.2 Å². The quantitative estimate of drug-likeness (QED) is 0.683. The Kier molecular flexibility index (Phi) is 6.63. The second-order valence-corrected chi connectivity index (χ2v) is 8.93. The first-order valence-electron chi connectivity index (χ1n) is 7.98. The molecule has 1 aromatic heterocycles. The molecule has 0 spiro atoms. The largest absolute Gasteiger partial charge is 0.300 e. The van der Waals surface area contributed by atoms with Crippen LogP contribution in [0.2, 0.25) is 0 Å². The molecule has 0 radical (unpaired) electrons. The highest BCUT2D eigenvalue weighted by Gasteiger charge is 2.23. The Morgan fingerprint density at radius 2 is 1.84 bits per heavy atom. The highest BCUT2D eigenvalue weighted by molar-refractivity contribution is 7.91. The van der Waals surface area contributed by atoms with Crippen LogP contribution in [-0.4, -0.2) is 30.6 Å². The van der Waals surface area contributed by atoms with Crippen molar-refractivity contribution in [1.29, 1.82) is 0 Å². The van der Waals surface area contributed by atoms with E-state index in [4.69, 9.17) is 0 Å². The molecule has 0 saturated heterocycles. The van der Waals surface area contributed by atoms with Crippen LogP contribution in [0.15, 0.2) is 34.7 Å². The predicted molar refractivity (Wildman–Crippen MR) is 97.9 cm³/mol. The van der Waals surface area contributed by atoms with Gasteiger partial charge in [-0.3, -0.25) is 4.79 Å². The standard InChI is InChI=1S/C16H22N4O3S2/c1-11(2)14(21)17-15-18-19-16(24-15)25(22,23)20-12(3)9-10-13-7-5-4-6-8-13/h4-8,11-12,20H,9-10H2,1-3H3,(H,17,18,21)/t12-/m1/s1. The molecule has 1 amide bonds. The Morgan fingerprint density at radius 1 is 1.16 bits per heavy atom. The fraction of sp³-hybridized carbons (Fsp3) is 0.438. The van der Waals surface area contributed by atoms with Crippen molar-refractivity contribution < 1.29 is 13.2 Å². The summed E-state index contributed by atoms with van der Waals surface area (Å²) in [6, 6.07) is 9.63. The summed E-state index contributed by atoms with van der Waals surface area (Å²) in [6.45, 7) is 5.29. The third kappa shape index (κ3) is 5.87. The van der Waals surface area contributed by atoms with Crippen molar-refractivity contribution in [2.45, 2.75) is 44.0 Å². The number of rotatable bonds is 8. The molecule has 25 heavy (non-hydrogen) atoms. The SMILES string of the molecule is CC(C)C(=O)Nc1nnc(S(=O)(=O)N[C@H](C)CCc2ccccc2)s1. The van der Waals surface area contributed by atoms with Gasteiger partial charge in [-0.25, -0.2) is 13.1 Å². The second kappa shape index (κ2) is 8.50. The fourth-order valence-corrected chi connectivity index (χ4v) is 4.22. The van der Waals surface area contributed by atoms with Gasteiger partial charge in [0.05, 0.1) is 0 Å². The molecule has 2 aromatic rings. The van der Waals surface area contributed by atoms with Crippen LogP contribution in [0.5, 0.6) is 0 Å². The van der Waals surface area contributed by atoms with Crippen molar-refractivity contribution in [2.24, 2.45) is 5.92 Å². The fourth-order valence-electron chi connectivity index (χ4n) is 2.02. The zero-order valence-corrected chi connectivity index (χ0v) is 16.0. The van der Waals surface area contributed by atoms with Gasteiger partial charge in [-0.15, -0.1) is 10.2 Å². The van der Waals surface area contributed by atoms with Crippen LogP contribution < -0.4 is 10.0 Å². The van der Waals surface area contributed by atoms with Crippen LogP contribution in [0.3, 0.4) is 0 Å². The van der Waals surface area contributed by atoms with Crippen molar-refractivity contribution in [3.05, 3.63) is 35.9 Å². The normalized spacial score (nSPS) is 13.0. The molecule has 0 aliphatic carbocycles. The molecule has 1 atom stereocenters. The Labute approximate surface area is 151 Å². The lowest BCUT2D eigenvalue weighted by Gasteiger charge is -2.12. The number of sulfonamides is 1. The molecular weight excluding hydrogens is 360 g/mol. The van der Waals surface area contributed by atoms with E-state index >= 15 is 0 Å². The average Bonchev–Trinajstić information content (AvgIpc) is 3.03. The minimum Gasteiger partial charge on any atom is -0.300 e. The van der Waals surface area contributed by atoms with Gasteiger partial charge in [0, 0.05) is 12.0 Å². The van der Waals surface area contributed by atoms with E-state index in [1.807, 2.05) is 37.3 Å². The Bertz CT molecular complexity index is 804. The van der Waals surface area contributed by atoms with Crippen LogP contribution >= 0.6 is 11.3 Å². The number of amides is 1. The monoisotopic (exact) mass is 382 g/mol. The first kappa shape index (κ1) is 19.5. The average molecular weight is 383 g/mol. The first-order chi connectivity index (χ1) is 11.8. The molecule has 0 aliphatic rings. The zero-order chi connectivity index (χ0) is 18.4. The molecule has 0 unspecified atom stereocenters. The highest BCUT2D eigenvalue weighted by atomic mass is 32.2. The minimum atomic E-state index is -3.76. The summed E-state index contributed by atoms with van der Waals surface area (Å²) in [5.74, 6) is -0.454. The third-order valence-corrected chi connectivity index (χ3v) is 6.25. The van der Waals surface area contributed by atoms with Gasteiger partial charge in [0.25, 0.3) is 10.0 Å². The van der Waals surface area contributed by atoms with Gasteiger partial charge in [0.2, 0.25) is 15.4 Å². The van der Waals surface area contributed by atoms with Crippen LogP contribution in [0.4, 0.5) is 5.13 Å². The van der Waals surface area contributed by atoms with Crippen molar-refractivity contribution in [3.8, 4) is 0 Å². The smallest absolute Gasteiger partial charge is 0.270 e. The van der Waals surface area contributed by atoms with E-state index in [0.29, 0.717) is 6.42 Å². The van der Waals surface area contributed by atoms with Gasteiger partial charge in [0.1, 0.15) is 0 Å².